The van der Waals surface area contributed by atoms with Crippen LogP contribution in [0.3, 0.4) is 0 Å². The average Bonchev–Trinajstić information content (AvgIpc) is 2.26. The van der Waals surface area contributed by atoms with Crippen molar-refractivity contribution in [2.75, 3.05) is 12.5 Å². The minimum atomic E-state index is -0.366. The second kappa shape index (κ2) is 5.66. The molecule has 0 N–H and O–H groups in total. The molecule has 0 heterocycles. The van der Waals surface area contributed by atoms with Crippen LogP contribution in [0.4, 0.5) is 0 Å². The van der Waals surface area contributed by atoms with Crippen LogP contribution in [-0.4, -0.2) is 18.5 Å². The lowest BCUT2D eigenvalue weighted by Gasteiger charge is -2.11. The third-order valence-electron chi connectivity index (χ3n) is 1.97. The van der Waals surface area contributed by atoms with E-state index in [2.05, 4.69) is 0 Å². The highest BCUT2D eigenvalue weighted by Gasteiger charge is 2.07. The number of rotatable bonds is 4. The Morgan fingerprint density at radius 1 is 1.43 bits per heavy atom. The van der Waals surface area contributed by atoms with Gasteiger partial charge in [0.25, 0.3) is 0 Å². The lowest BCUT2D eigenvalue weighted by atomic mass is 10.0. The molecular weight excluding hydrogens is 200 g/mol. The first-order valence-corrected chi connectivity index (χ1v) is 5.04. The van der Waals surface area contributed by atoms with E-state index in [4.69, 9.17) is 16.3 Å². The molecule has 0 aromatic heterocycles. The first kappa shape index (κ1) is 11.1. The van der Waals surface area contributed by atoms with Gasteiger partial charge in [-0.3, -0.25) is 4.79 Å². The van der Waals surface area contributed by atoms with E-state index >= 15 is 0 Å². The Bertz CT molecular complexity index is 285. The summed E-state index contributed by atoms with van der Waals surface area (Å²) in [6.07, 6.45) is 0. The van der Waals surface area contributed by atoms with Gasteiger partial charge in [0.2, 0.25) is 0 Å². The molecule has 0 amide bonds. The molecule has 0 fully saturated rings. The minimum Gasteiger partial charge on any atom is -0.464 e. The average molecular weight is 213 g/mol. The monoisotopic (exact) mass is 212 g/mol. The Kier molecular flexibility index (Phi) is 4.47. The van der Waals surface area contributed by atoms with Crippen molar-refractivity contribution < 1.29 is 9.53 Å². The Labute approximate surface area is 88.8 Å². The molecule has 1 unspecified atom stereocenters. The van der Waals surface area contributed by atoms with Crippen molar-refractivity contribution in [2.45, 2.75) is 12.8 Å². The van der Waals surface area contributed by atoms with E-state index in [9.17, 15) is 4.79 Å². The largest absolute Gasteiger partial charge is 0.464 e. The molecule has 2 nitrogen and oxygen atoms in total. The molecule has 0 aliphatic rings. The van der Waals surface area contributed by atoms with Crippen LogP contribution in [0.2, 0.25) is 0 Å². The SMILES string of the molecule is CC(COC(=O)CCl)c1ccccc1. The summed E-state index contributed by atoms with van der Waals surface area (Å²) in [6, 6.07) is 9.92. The summed E-state index contributed by atoms with van der Waals surface area (Å²) < 4.78 is 4.94. The molecule has 0 bridgehead atoms. The highest BCUT2D eigenvalue weighted by molar-refractivity contribution is 6.26. The number of hydrogen-bond donors (Lipinski definition) is 0. The summed E-state index contributed by atoms with van der Waals surface area (Å²) in [5.74, 6) is -0.237. The normalized spacial score (nSPS) is 12.1. The van der Waals surface area contributed by atoms with Gasteiger partial charge in [0.1, 0.15) is 5.88 Å². The first-order valence-electron chi connectivity index (χ1n) is 4.50. The predicted octanol–water partition coefficient (Wildman–Crippen LogP) is 2.57. The lowest BCUT2D eigenvalue weighted by Crippen LogP contribution is -2.11. The topological polar surface area (TPSA) is 26.3 Å². The second-order valence-electron chi connectivity index (χ2n) is 3.13. The van der Waals surface area contributed by atoms with Gasteiger partial charge in [-0.15, -0.1) is 11.6 Å². The van der Waals surface area contributed by atoms with E-state index in [0.717, 1.165) is 5.56 Å². The van der Waals surface area contributed by atoms with Gasteiger partial charge in [0, 0.05) is 5.92 Å². The standard InChI is InChI=1S/C11H13ClO2/c1-9(8-14-11(13)7-12)10-5-3-2-4-6-10/h2-6,9H,7-8H2,1H3. The van der Waals surface area contributed by atoms with E-state index < -0.39 is 0 Å². The van der Waals surface area contributed by atoms with E-state index in [1.807, 2.05) is 37.3 Å². The summed E-state index contributed by atoms with van der Waals surface area (Å²) in [5, 5.41) is 0. The maximum atomic E-state index is 10.8. The molecule has 0 radical (unpaired) electrons. The predicted molar refractivity (Wildman–Crippen MR) is 56.5 cm³/mol. The highest BCUT2D eigenvalue weighted by Crippen LogP contribution is 2.14. The number of benzene rings is 1. The van der Waals surface area contributed by atoms with Crippen LogP contribution in [0.1, 0.15) is 18.4 Å². The first-order chi connectivity index (χ1) is 6.74. The van der Waals surface area contributed by atoms with Crippen molar-refractivity contribution in [3.05, 3.63) is 35.9 Å². The summed E-state index contributed by atoms with van der Waals surface area (Å²) in [4.78, 5) is 10.8. The Morgan fingerprint density at radius 3 is 2.64 bits per heavy atom. The molecule has 3 heteroatoms. The molecule has 0 saturated carbocycles. The molecule has 1 aromatic rings. The number of carbonyl (C=O) groups excluding carboxylic acids is 1. The summed E-state index contributed by atoms with van der Waals surface area (Å²) in [5.41, 5.74) is 1.16. The molecule has 76 valence electrons. The number of carbonyl (C=O) groups is 1. The van der Waals surface area contributed by atoms with Gasteiger partial charge in [-0.1, -0.05) is 37.3 Å². The van der Waals surface area contributed by atoms with Crippen molar-refractivity contribution in [3.8, 4) is 0 Å². The molecule has 1 rings (SSSR count). The van der Waals surface area contributed by atoms with Crippen molar-refractivity contribution in [1.82, 2.24) is 0 Å². The summed E-state index contributed by atoms with van der Waals surface area (Å²) in [6.45, 7) is 2.40. The maximum Gasteiger partial charge on any atom is 0.320 e. The molecular formula is C11H13ClO2. The van der Waals surface area contributed by atoms with Crippen LogP contribution >= 0.6 is 11.6 Å². The van der Waals surface area contributed by atoms with E-state index in [0.29, 0.717) is 6.61 Å². The van der Waals surface area contributed by atoms with E-state index in [1.54, 1.807) is 0 Å². The Hall–Kier alpha value is -1.02. The number of hydrogen-bond acceptors (Lipinski definition) is 2. The van der Waals surface area contributed by atoms with Crippen LogP contribution in [0, 0.1) is 0 Å². The fourth-order valence-corrected chi connectivity index (χ4v) is 1.21. The van der Waals surface area contributed by atoms with Gasteiger partial charge in [-0.2, -0.15) is 0 Å². The van der Waals surface area contributed by atoms with Crippen LogP contribution in [-0.2, 0) is 9.53 Å². The van der Waals surface area contributed by atoms with Crippen LogP contribution in [0.5, 0.6) is 0 Å². The zero-order valence-electron chi connectivity index (χ0n) is 8.07. The van der Waals surface area contributed by atoms with Crippen molar-refractivity contribution >= 4 is 17.6 Å². The van der Waals surface area contributed by atoms with Crippen molar-refractivity contribution in [2.24, 2.45) is 0 Å². The molecule has 0 spiro atoms. The van der Waals surface area contributed by atoms with Crippen LogP contribution in [0.25, 0.3) is 0 Å². The minimum absolute atomic E-state index is 0.0818. The van der Waals surface area contributed by atoms with Gasteiger partial charge < -0.3 is 4.74 Å². The van der Waals surface area contributed by atoms with Gasteiger partial charge in [0.05, 0.1) is 6.61 Å². The molecule has 14 heavy (non-hydrogen) atoms. The van der Waals surface area contributed by atoms with Gasteiger partial charge in [0.15, 0.2) is 0 Å². The zero-order chi connectivity index (χ0) is 10.4. The lowest BCUT2D eigenvalue weighted by molar-refractivity contribution is -0.141. The van der Waals surface area contributed by atoms with Gasteiger partial charge in [-0.25, -0.2) is 0 Å². The fourth-order valence-electron chi connectivity index (χ4n) is 1.13. The highest BCUT2D eigenvalue weighted by atomic mass is 35.5. The van der Waals surface area contributed by atoms with E-state index in [1.165, 1.54) is 0 Å². The number of alkyl halides is 1. The van der Waals surface area contributed by atoms with Crippen LogP contribution < -0.4 is 0 Å². The molecule has 0 aliphatic heterocycles. The smallest absolute Gasteiger partial charge is 0.320 e. The van der Waals surface area contributed by atoms with E-state index in [-0.39, 0.29) is 17.8 Å². The van der Waals surface area contributed by atoms with Gasteiger partial charge >= 0.3 is 5.97 Å². The number of esters is 1. The second-order valence-corrected chi connectivity index (χ2v) is 3.40. The molecule has 1 atom stereocenters. The fraction of sp³-hybridized carbons (Fsp3) is 0.364. The quantitative estimate of drug-likeness (QED) is 0.567. The molecule has 1 aromatic carbocycles. The maximum absolute atomic E-state index is 10.8. The third kappa shape index (κ3) is 3.38. The zero-order valence-corrected chi connectivity index (χ0v) is 8.83. The molecule has 0 aliphatic carbocycles. The Balaban J connectivity index is 2.43. The third-order valence-corrected chi connectivity index (χ3v) is 2.19. The summed E-state index contributed by atoms with van der Waals surface area (Å²) in [7, 11) is 0. The van der Waals surface area contributed by atoms with Crippen molar-refractivity contribution in [3.63, 3.8) is 0 Å². The number of halogens is 1. The Morgan fingerprint density at radius 2 is 2.07 bits per heavy atom. The van der Waals surface area contributed by atoms with Gasteiger partial charge in [-0.05, 0) is 5.56 Å². The van der Waals surface area contributed by atoms with Crippen LogP contribution in [0.15, 0.2) is 30.3 Å². The summed E-state index contributed by atoms with van der Waals surface area (Å²) >= 11 is 5.31. The molecule has 0 saturated heterocycles. The van der Waals surface area contributed by atoms with Crippen molar-refractivity contribution in [1.29, 1.82) is 0 Å². The number of ether oxygens (including phenoxy) is 1.